The number of rotatable bonds is 5. The number of carbonyl (C=O) groups is 2. The van der Waals surface area contributed by atoms with E-state index in [4.69, 9.17) is 5.73 Å². The summed E-state index contributed by atoms with van der Waals surface area (Å²) in [5.74, 6) is -0.402. The van der Waals surface area contributed by atoms with Crippen molar-refractivity contribution in [2.75, 3.05) is 4.90 Å². The van der Waals surface area contributed by atoms with Gasteiger partial charge in [-0.3, -0.25) is 14.7 Å². The first-order chi connectivity index (χ1) is 18.7. The van der Waals surface area contributed by atoms with Gasteiger partial charge in [0.05, 0.1) is 22.5 Å². The molecule has 5 nitrogen and oxygen atoms in total. The fourth-order valence-corrected chi connectivity index (χ4v) is 4.96. The Morgan fingerprint density at radius 1 is 0.846 bits per heavy atom. The fraction of sp³-hybridized carbons (Fsp3) is 0.0333. The smallest absolute Gasteiger partial charge is 0.351 e. The summed E-state index contributed by atoms with van der Waals surface area (Å²) in [6.45, 7) is 0. The van der Waals surface area contributed by atoms with E-state index in [9.17, 15) is 22.8 Å². The molecule has 0 saturated carbocycles. The van der Waals surface area contributed by atoms with Gasteiger partial charge in [0.2, 0.25) is 0 Å². The normalized spacial score (nSPS) is 11.4. The van der Waals surface area contributed by atoms with Crippen LogP contribution in [0.4, 0.5) is 29.3 Å². The topological polar surface area (TPSA) is 76.3 Å². The minimum atomic E-state index is -4.65. The second kappa shape index (κ2) is 10.3. The molecule has 0 atom stereocenters. The summed E-state index contributed by atoms with van der Waals surface area (Å²) < 4.78 is 42.3. The van der Waals surface area contributed by atoms with Gasteiger partial charge in [-0.25, -0.2) is 4.79 Å². The molecule has 0 bridgehead atoms. The van der Waals surface area contributed by atoms with Gasteiger partial charge in [0, 0.05) is 32.7 Å². The molecular formula is C30H19BrF3N3O2. The van der Waals surface area contributed by atoms with Crippen LogP contribution in [0, 0.1) is 0 Å². The van der Waals surface area contributed by atoms with E-state index in [1.54, 1.807) is 78.9 Å². The Bertz CT molecular complexity index is 1720. The Morgan fingerprint density at radius 3 is 2.23 bits per heavy atom. The molecule has 0 radical (unpaired) electrons. The van der Waals surface area contributed by atoms with Crippen molar-refractivity contribution in [2.45, 2.75) is 6.18 Å². The van der Waals surface area contributed by atoms with Gasteiger partial charge >= 0.3 is 12.2 Å². The zero-order chi connectivity index (χ0) is 27.7. The number of aromatic nitrogens is 1. The van der Waals surface area contributed by atoms with Crippen molar-refractivity contribution in [3.63, 3.8) is 0 Å². The van der Waals surface area contributed by atoms with Crippen molar-refractivity contribution in [1.29, 1.82) is 0 Å². The highest BCUT2D eigenvalue weighted by Crippen LogP contribution is 2.40. The number of halogens is 4. The van der Waals surface area contributed by atoms with Gasteiger partial charge in [-0.2, -0.15) is 13.2 Å². The molecule has 5 rings (SSSR count). The summed E-state index contributed by atoms with van der Waals surface area (Å²) in [6, 6.07) is 24.9. The van der Waals surface area contributed by atoms with Crippen molar-refractivity contribution in [1.82, 2.24) is 4.98 Å². The zero-order valence-electron chi connectivity index (χ0n) is 20.1. The van der Waals surface area contributed by atoms with Crippen molar-refractivity contribution in [3.05, 3.63) is 124 Å². The van der Waals surface area contributed by atoms with Gasteiger partial charge in [0.1, 0.15) is 0 Å². The van der Waals surface area contributed by atoms with Crippen LogP contribution in [0.5, 0.6) is 0 Å². The number of para-hydroxylation sites is 2. The van der Waals surface area contributed by atoms with Crippen LogP contribution in [0.2, 0.25) is 0 Å². The summed E-state index contributed by atoms with van der Waals surface area (Å²) in [4.78, 5) is 31.5. The average Bonchev–Trinajstić information content (AvgIpc) is 2.93. The van der Waals surface area contributed by atoms with Crippen LogP contribution < -0.4 is 10.6 Å². The highest BCUT2D eigenvalue weighted by atomic mass is 79.9. The molecule has 4 aromatic carbocycles. The number of hydrogen-bond donors (Lipinski definition) is 1. The molecule has 0 fully saturated rings. The lowest BCUT2D eigenvalue weighted by Gasteiger charge is -2.23. The number of benzene rings is 4. The Labute approximate surface area is 229 Å². The molecule has 194 valence electrons. The predicted octanol–water partition coefficient (Wildman–Crippen LogP) is 8.13. The van der Waals surface area contributed by atoms with Crippen LogP contribution in [-0.4, -0.2) is 16.8 Å². The second-order valence-electron chi connectivity index (χ2n) is 8.62. The first kappa shape index (κ1) is 26.1. The number of hydrogen-bond acceptors (Lipinski definition) is 3. The van der Waals surface area contributed by atoms with E-state index >= 15 is 0 Å². The van der Waals surface area contributed by atoms with Crippen LogP contribution in [-0.2, 0) is 6.18 Å². The molecule has 0 aliphatic rings. The van der Waals surface area contributed by atoms with E-state index < -0.39 is 23.6 Å². The van der Waals surface area contributed by atoms with Crippen molar-refractivity contribution >= 4 is 50.0 Å². The lowest BCUT2D eigenvalue weighted by molar-refractivity contribution is -0.136. The van der Waals surface area contributed by atoms with Gasteiger partial charge in [-0.05, 0) is 51.8 Å². The number of alkyl halides is 3. The molecule has 0 spiro atoms. The Balaban J connectivity index is 1.79. The largest absolute Gasteiger partial charge is 0.418 e. The SMILES string of the molecule is NC(=O)N(c1cccc(-c2c(C(=O)c3ccccc3)cnc3c(C(F)(F)F)cccc23)c1)c1ccccc1Br. The zero-order valence-corrected chi connectivity index (χ0v) is 21.7. The van der Waals surface area contributed by atoms with Crippen LogP contribution in [0.15, 0.2) is 108 Å². The number of fused-ring (bicyclic) bond motifs is 1. The van der Waals surface area contributed by atoms with Crippen molar-refractivity contribution < 1.29 is 22.8 Å². The average molecular weight is 590 g/mol. The third-order valence-electron chi connectivity index (χ3n) is 6.19. The van der Waals surface area contributed by atoms with Crippen LogP contribution >= 0.6 is 15.9 Å². The number of primary amides is 1. The lowest BCUT2D eigenvalue weighted by atomic mass is 9.91. The molecule has 9 heteroatoms. The van der Waals surface area contributed by atoms with E-state index in [1.165, 1.54) is 23.2 Å². The third kappa shape index (κ3) is 5.00. The minimum Gasteiger partial charge on any atom is -0.351 e. The third-order valence-corrected chi connectivity index (χ3v) is 6.86. The van der Waals surface area contributed by atoms with Crippen LogP contribution in [0.1, 0.15) is 21.5 Å². The van der Waals surface area contributed by atoms with Gasteiger partial charge < -0.3 is 5.73 Å². The molecule has 39 heavy (non-hydrogen) atoms. The molecule has 2 N–H and O–H groups in total. The maximum absolute atomic E-state index is 13.9. The van der Waals surface area contributed by atoms with E-state index in [-0.39, 0.29) is 22.0 Å². The summed E-state index contributed by atoms with van der Waals surface area (Å²) in [7, 11) is 0. The summed E-state index contributed by atoms with van der Waals surface area (Å²) >= 11 is 3.43. The summed E-state index contributed by atoms with van der Waals surface area (Å²) in [5.41, 5.74) is 6.54. The summed E-state index contributed by atoms with van der Waals surface area (Å²) in [5, 5.41) is 0.148. The predicted molar refractivity (Wildman–Crippen MR) is 148 cm³/mol. The fourth-order valence-electron chi connectivity index (χ4n) is 4.50. The molecular weight excluding hydrogens is 571 g/mol. The molecule has 2 amide bonds. The van der Waals surface area contributed by atoms with Gasteiger partial charge in [0.15, 0.2) is 5.78 Å². The van der Waals surface area contributed by atoms with E-state index in [0.29, 0.717) is 27.0 Å². The number of anilines is 2. The Hall–Kier alpha value is -4.50. The number of nitrogens with zero attached hydrogens (tertiary/aromatic N) is 2. The Kier molecular flexibility index (Phi) is 6.93. The molecule has 0 saturated heterocycles. The van der Waals surface area contributed by atoms with Crippen molar-refractivity contribution in [2.24, 2.45) is 5.73 Å². The van der Waals surface area contributed by atoms with Gasteiger partial charge in [-0.15, -0.1) is 0 Å². The Morgan fingerprint density at radius 2 is 1.54 bits per heavy atom. The standard InChI is InChI=1S/C30H19BrF3N3O2/c31-24-14-4-5-15-25(24)37(29(35)39)20-11-6-10-19(16-20)26-21-12-7-13-23(30(32,33)34)27(21)36-17-22(26)28(38)18-8-2-1-3-9-18/h1-17H,(H2,35,39). The maximum Gasteiger partial charge on any atom is 0.418 e. The first-order valence-corrected chi connectivity index (χ1v) is 12.5. The number of ketones is 1. The first-order valence-electron chi connectivity index (χ1n) is 11.7. The maximum atomic E-state index is 13.9. The monoisotopic (exact) mass is 589 g/mol. The summed E-state index contributed by atoms with van der Waals surface area (Å²) in [6.07, 6.45) is -3.48. The second-order valence-corrected chi connectivity index (χ2v) is 9.47. The number of amides is 2. The van der Waals surface area contributed by atoms with Crippen LogP contribution in [0.25, 0.3) is 22.0 Å². The quantitative estimate of drug-likeness (QED) is 0.210. The molecule has 0 aliphatic heterocycles. The molecule has 5 aromatic rings. The highest BCUT2D eigenvalue weighted by molar-refractivity contribution is 9.10. The van der Waals surface area contributed by atoms with Crippen molar-refractivity contribution in [3.8, 4) is 11.1 Å². The van der Waals surface area contributed by atoms with E-state index in [2.05, 4.69) is 20.9 Å². The number of nitrogens with two attached hydrogens (primary N) is 1. The number of carbonyl (C=O) groups excluding carboxylic acids is 2. The minimum absolute atomic E-state index is 0.122. The van der Waals surface area contributed by atoms with Crippen LogP contribution in [0.3, 0.4) is 0 Å². The van der Waals surface area contributed by atoms with Gasteiger partial charge in [-0.1, -0.05) is 66.7 Å². The molecule has 1 heterocycles. The molecule has 0 unspecified atom stereocenters. The van der Waals surface area contributed by atoms with Gasteiger partial charge in [0.25, 0.3) is 0 Å². The lowest BCUT2D eigenvalue weighted by Crippen LogP contribution is -2.31. The highest BCUT2D eigenvalue weighted by Gasteiger charge is 2.34. The molecule has 1 aromatic heterocycles. The van der Waals surface area contributed by atoms with E-state index in [1.807, 2.05) is 0 Å². The number of pyridine rings is 1. The number of urea groups is 1. The molecule has 0 aliphatic carbocycles. The van der Waals surface area contributed by atoms with E-state index in [0.717, 1.165) is 6.07 Å².